The fraction of sp³-hybridized carbons (Fsp3) is 0.111. The minimum Gasteiger partial charge on any atom is -0.257 e. The van der Waals surface area contributed by atoms with Crippen LogP contribution in [-0.4, -0.2) is 8.42 Å². The number of hydrogen-bond donors (Lipinski definition) is 0. The molecule has 4 aromatic rings. The highest BCUT2D eigenvalue weighted by Gasteiger charge is 2.32. The first-order valence-electron chi connectivity index (χ1n) is 10.2. The van der Waals surface area contributed by atoms with Crippen molar-refractivity contribution in [2.24, 2.45) is 0 Å². The average Bonchev–Trinajstić information content (AvgIpc) is 2.81. The Labute approximate surface area is 184 Å². The molecule has 0 aliphatic heterocycles. The van der Waals surface area contributed by atoms with Gasteiger partial charge in [0.05, 0.1) is 4.90 Å². The van der Waals surface area contributed by atoms with Crippen molar-refractivity contribution in [2.75, 3.05) is 0 Å². The molecule has 0 saturated heterocycles. The summed E-state index contributed by atoms with van der Waals surface area (Å²) in [6.07, 6.45) is -0.725. The van der Waals surface area contributed by atoms with Crippen molar-refractivity contribution in [1.29, 1.82) is 0 Å². The third-order valence-electron chi connectivity index (χ3n) is 5.29. The predicted molar refractivity (Wildman–Crippen MR) is 123 cm³/mol. The van der Waals surface area contributed by atoms with Crippen molar-refractivity contribution in [3.63, 3.8) is 0 Å². The van der Waals surface area contributed by atoms with E-state index >= 15 is 0 Å². The van der Waals surface area contributed by atoms with E-state index in [9.17, 15) is 8.42 Å². The Kier molecular flexibility index (Phi) is 6.31. The fourth-order valence-electron chi connectivity index (χ4n) is 3.71. The molecule has 156 valence electrons. The summed E-state index contributed by atoms with van der Waals surface area (Å²) < 4.78 is 32.5. The molecule has 0 saturated carbocycles. The Morgan fingerprint density at radius 1 is 0.581 bits per heavy atom. The summed E-state index contributed by atoms with van der Waals surface area (Å²) in [4.78, 5) is 0.152. The van der Waals surface area contributed by atoms with Gasteiger partial charge in [-0.3, -0.25) is 4.18 Å². The van der Waals surface area contributed by atoms with Crippen LogP contribution in [0.15, 0.2) is 120 Å². The lowest BCUT2D eigenvalue weighted by molar-refractivity contribution is 0.194. The molecular weight excluding hydrogens is 404 g/mol. The minimum atomic E-state index is -3.99. The first-order chi connectivity index (χ1) is 15.0. The monoisotopic (exact) mass is 428 g/mol. The molecule has 0 radical (unpaired) electrons. The number of aryl methyl sites for hydroxylation is 1. The van der Waals surface area contributed by atoms with Crippen LogP contribution in [0.4, 0.5) is 0 Å². The molecule has 1 atom stereocenters. The molecule has 0 bridgehead atoms. The fourth-order valence-corrected chi connectivity index (χ4v) is 4.78. The average molecular weight is 429 g/mol. The van der Waals surface area contributed by atoms with Gasteiger partial charge >= 0.3 is 0 Å². The maximum atomic E-state index is 13.3. The molecule has 4 rings (SSSR count). The van der Waals surface area contributed by atoms with Crippen LogP contribution in [0.1, 0.15) is 34.3 Å². The van der Waals surface area contributed by atoms with Gasteiger partial charge in [-0.2, -0.15) is 8.42 Å². The molecule has 3 nitrogen and oxygen atoms in total. The van der Waals surface area contributed by atoms with E-state index in [1.807, 2.05) is 97.9 Å². The van der Waals surface area contributed by atoms with Crippen LogP contribution in [0.25, 0.3) is 0 Å². The zero-order chi connectivity index (χ0) is 21.7. The van der Waals surface area contributed by atoms with Gasteiger partial charge in [0.15, 0.2) is 0 Å². The maximum Gasteiger partial charge on any atom is 0.297 e. The third kappa shape index (κ3) is 4.93. The second kappa shape index (κ2) is 9.29. The van der Waals surface area contributed by atoms with Crippen LogP contribution >= 0.6 is 0 Å². The van der Waals surface area contributed by atoms with E-state index in [-0.39, 0.29) is 10.8 Å². The smallest absolute Gasteiger partial charge is 0.257 e. The molecule has 0 aromatic heterocycles. The van der Waals surface area contributed by atoms with E-state index in [1.165, 1.54) is 0 Å². The Hall–Kier alpha value is -3.21. The molecule has 0 fully saturated rings. The molecule has 0 spiro atoms. The summed E-state index contributed by atoms with van der Waals surface area (Å²) in [6.45, 7) is 1.92. The van der Waals surface area contributed by atoms with Gasteiger partial charge in [0.2, 0.25) is 0 Å². The topological polar surface area (TPSA) is 43.4 Å². The summed E-state index contributed by atoms with van der Waals surface area (Å²) >= 11 is 0. The largest absolute Gasteiger partial charge is 0.297 e. The standard InChI is InChI=1S/C27H24O3S/c1-21-17-19-25(20-18-21)31(28,29)30-27(24-15-9-4-10-16-24)26(22-11-5-2-6-12-22)23-13-7-3-8-14-23/h2-20,26-27H,1H3/t27-/m0/s1. The van der Waals surface area contributed by atoms with Gasteiger partial charge < -0.3 is 0 Å². The summed E-state index contributed by atoms with van der Waals surface area (Å²) in [5.41, 5.74) is 3.77. The number of hydrogen-bond acceptors (Lipinski definition) is 3. The Balaban J connectivity index is 1.84. The zero-order valence-corrected chi connectivity index (χ0v) is 18.1. The lowest BCUT2D eigenvalue weighted by Gasteiger charge is -2.28. The molecular formula is C27H24O3S. The lowest BCUT2D eigenvalue weighted by Crippen LogP contribution is -2.20. The van der Waals surface area contributed by atoms with Crippen LogP contribution < -0.4 is 0 Å². The third-order valence-corrected chi connectivity index (χ3v) is 6.60. The Morgan fingerprint density at radius 2 is 1.00 bits per heavy atom. The van der Waals surface area contributed by atoms with Crippen molar-refractivity contribution in [3.05, 3.63) is 138 Å². The van der Waals surface area contributed by atoms with Gasteiger partial charge in [0.1, 0.15) is 6.10 Å². The lowest BCUT2D eigenvalue weighted by atomic mass is 9.84. The van der Waals surface area contributed by atoms with Crippen molar-refractivity contribution in [2.45, 2.75) is 23.8 Å². The van der Waals surface area contributed by atoms with Gasteiger partial charge in [-0.1, -0.05) is 109 Å². The summed E-state index contributed by atoms with van der Waals surface area (Å²) in [7, 11) is -3.99. The van der Waals surface area contributed by atoms with Gasteiger partial charge in [-0.05, 0) is 35.7 Å². The Bertz CT molecular complexity index is 1160. The summed E-state index contributed by atoms with van der Waals surface area (Å²) in [6, 6.07) is 36.0. The molecule has 0 aliphatic rings. The molecule has 0 aliphatic carbocycles. The maximum absolute atomic E-state index is 13.3. The second-order valence-electron chi connectivity index (χ2n) is 7.49. The van der Waals surface area contributed by atoms with Gasteiger partial charge in [0, 0.05) is 5.92 Å². The van der Waals surface area contributed by atoms with Crippen LogP contribution in [0.5, 0.6) is 0 Å². The van der Waals surface area contributed by atoms with E-state index in [1.54, 1.807) is 24.3 Å². The van der Waals surface area contributed by atoms with Crippen LogP contribution in [-0.2, 0) is 14.3 Å². The van der Waals surface area contributed by atoms with Gasteiger partial charge in [0.25, 0.3) is 10.1 Å². The first-order valence-corrected chi connectivity index (χ1v) is 11.6. The Morgan fingerprint density at radius 3 is 1.45 bits per heavy atom. The minimum absolute atomic E-state index is 0.152. The van der Waals surface area contributed by atoms with E-state index in [0.717, 1.165) is 22.3 Å². The van der Waals surface area contributed by atoms with Crippen LogP contribution in [0.2, 0.25) is 0 Å². The molecule has 0 amide bonds. The predicted octanol–water partition coefficient (Wildman–Crippen LogP) is 6.27. The van der Waals surface area contributed by atoms with Gasteiger partial charge in [-0.25, -0.2) is 0 Å². The highest BCUT2D eigenvalue weighted by atomic mass is 32.2. The second-order valence-corrected chi connectivity index (χ2v) is 9.07. The number of rotatable bonds is 7. The molecule has 0 unspecified atom stereocenters. The van der Waals surface area contributed by atoms with E-state index in [4.69, 9.17) is 4.18 Å². The molecule has 0 N–H and O–H groups in total. The quantitative estimate of drug-likeness (QED) is 0.326. The van der Waals surface area contributed by atoms with Crippen LogP contribution in [0.3, 0.4) is 0 Å². The van der Waals surface area contributed by atoms with Crippen molar-refractivity contribution >= 4 is 10.1 Å². The SMILES string of the molecule is Cc1ccc(S(=O)(=O)O[C@@H](c2ccccc2)C(c2ccccc2)c2ccccc2)cc1. The summed E-state index contributed by atoms with van der Waals surface area (Å²) in [5.74, 6) is -0.301. The molecule has 0 heterocycles. The van der Waals surface area contributed by atoms with Crippen LogP contribution in [0, 0.1) is 6.92 Å². The highest BCUT2D eigenvalue weighted by Crippen LogP contribution is 2.41. The van der Waals surface area contributed by atoms with Gasteiger partial charge in [-0.15, -0.1) is 0 Å². The van der Waals surface area contributed by atoms with Crippen molar-refractivity contribution in [1.82, 2.24) is 0 Å². The van der Waals surface area contributed by atoms with E-state index < -0.39 is 16.2 Å². The van der Waals surface area contributed by atoms with Crippen molar-refractivity contribution < 1.29 is 12.6 Å². The highest BCUT2D eigenvalue weighted by molar-refractivity contribution is 7.86. The summed E-state index contributed by atoms with van der Waals surface area (Å²) in [5, 5.41) is 0. The van der Waals surface area contributed by atoms with E-state index in [2.05, 4.69) is 0 Å². The number of benzene rings is 4. The molecule has 4 heteroatoms. The first kappa shape index (κ1) is 21.0. The molecule has 4 aromatic carbocycles. The normalized spacial score (nSPS) is 12.6. The molecule has 31 heavy (non-hydrogen) atoms. The van der Waals surface area contributed by atoms with Crippen molar-refractivity contribution in [3.8, 4) is 0 Å². The van der Waals surface area contributed by atoms with E-state index in [0.29, 0.717) is 0 Å². The zero-order valence-electron chi connectivity index (χ0n) is 17.3.